The zero-order chi connectivity index (χ0) is 15.1. The first-order chi connectivity index (χ1) is 10.2. The maximum absolute atomic E-state index is 11.8. The quantitative estimate of drug-likeness (QED) is 0.809. The molecule has 21 heavy (non-hydrogen) atoms. The van der Waals surface area contributed by atoms with Gasteiger partial charge in [-0.2, -0.15) is 5.26 Å². The minimum Gasteiger partial charge on any atom is -0.459 e. The van der Waals surface area contributed by atoms with Gasteiger partial charge >= 0.3 is 0 Å². The van der Waals surface area contributed by atoms with E-state index in [-0.39, 0.29) is 30.7 Å². The minimum atomic E-state index is -0.333. The zero-order valence-electron chi connectivity index (χ0n) is 11.1. The van der Waals surface area contributed by atoms with E-state index in [4.69, 9.17) is 9.68 Å². The van der Waals surface area contributed by atoms with E-state index in [0.29, 0.717) is 11.1 Å². The van der Waals surface area contributed by atoms with E-state index in [9.17, 15) is 9.59 Å². The molecule has 0 aliphatic heterocycles. The monoisotopic (exact) mass is 283 g/mol. The third-order valence-corrected chi connectivity index (χ3v) is 2.69. The van der Waals surface area contributed by atoms with Crippen molar-refractivity contribution in [1.82, 2.24) is 10.6 Å². The number of furan rings is 1. The predicted molar refractivity (Wildman–Crippen MR) is 74.5 cm³/mol. The lowest BCUT2D eigenvalue weighted by atomic mass is 10.1. The fourth-order valence-corrected chi connectivity index (χ4v) is 1.68. The Hall–Kier alpha value is -3.07. The van der Waals surface area contributed by atoms with Gasteiger partial charge in [0.2, 0.25) is 0 Å². The van der Waals surface area contributed by atoms with Gasteiger partial charge in [0.05, 0.1) is 17.9 Å². The summed E-state index contributed by atoms with van der Waals surface area (Å²) in [7, 11) is 0. The molecule has 0 radical (unpaired) electrons. The van der Waals surface area contributed by atoms with E-state index in [1.54, 1.807) is 30.3 Å². The molecule has 2 N–H and O–H groups in total. The number of hydrogen-bond acceptors (Lipinski definition) is 4. The van der Waals surface area contributed by atoms with Crippen LogP contribution >= 0.6 is 0 Å². The van der Waals surface area contributed by atoms with Crippen LogP contribution in [0.15, 0.2) is 47.1 Å². The Balaban J connectivity index is 1.77. The van der Waals surface area contributed by atoms with E-state index in [1.165, 1.54) is 12.3 Å². The average molecular weight is 283 g/mol. The number of hydrogen-bond donors (Lipinski definition) is 2. The molecule has 0 atom stereocenters. The van der Waals surface area contributed by atoms with Crippen LogP contribution in [0.3, 0.4) is 0 Å². The van der Waals surface area contributed by atoms with Crippen LogP contribution in [0.1, 0.15) is 26.5 Å². The Kier molecular flexibility index (Phi) is 4.72. The molecule has 2 rings (SSSR count). The first kappa shape index (κ1) is 14.3. The summed E-state index contributed by atoms with van der Waals surface area (Å²) in [6.07, 6.45) is 1.42. The fraction of sp³-hybridized carbons (Fsp3) is 0.133. The highest BCUT2D eigenvalue weighted by atomic mass is 16.3. The number of nitrogens with one attached hydrogen (secondary N) is 2. The van der Waals surface area contributed by atoms with Crippen LogP contribution in [0.25, 0.3) is 0 Å². The molecule has 0 fully saturated rings. The lowest BCUT2D eigenvalue weighted by molar-refractivity contribution is 0.0910. The van der Waals surface area contributed by atoms with Gasteiger partial charge in [-0.1, -0.05) is 6.07 Å². The van der Waals surface area contributed by atoms with E-state index in [2.05, 4.69) is 10.6 Å². The molecule has 106 valence electrons. The summed E-state index contributed by atoms with van der Waals surface area (Å²) >= 11 is 0. The third kappa shape index (κ3) is 3.94. The van der Waals surface area contributed by atoms with Crippen molar-refractivity contribution in [2.75, 3.05) is 13.1 Å². The van der Waals surface area contributed by atoms with E-state index >= 15 is 0 Å². The molecule has 0 bridgehead atoms. The van der Waals surface area contributed by atoms with Gasteiger partial charge in [-0.25, -0.2) is 0 Å². The molecule has 0 aliphatic carbocycles. The lowest BCUT2D eigenvalue weighted by Gasteiger charge is -2.06. The van der Waals surface area contributed by atoms with Crippen molar-refractivity contribution in [3.05, 3.63) is 59.5 Å². The van der Waals surface area contributed by atoms with Gasteiger partial charge in [0.1, 0.15) is 0 Å². The molecule has 2 aromatic rings. The van der Waals surface area contributed by atoms with Crippen LogP contribution in [-0.2, 0) is 0 Å². The summed E-state index contributed by atoms with van der Waals surface area (Å²) < 4.78 is 4.94. The lowest BCUT2D eigenvalue weighted by Crippen LogP contribution is -2.34. The largest absolute Gasteiger partial charge is 0.459 e. The van der Waals surface area contributed by atoms with Crippen molar-refractivity contribution in [2.45, 2.75) is 0 Å². The Morgan fingerprint density at radius 3 is 2.52 bits per heavy atom. The van der Waals surface area contributed by atoms with Gasteiger partial charge in [0.15, 0.2) is 5.76 Å². The Morgan fingerprint density at radius 2 is 1.86 bits per heavy atom. The van der Waals surface area contributed by atoms with Gasteiger partial charge in [0.25, 0.3) is 11.8 Å². The van der Waals surface area contributed by atoms with Gasteiger partial charge in [-0.05, 0) is 30.3 Å². The van der Waals surface area contributed by atoms with Crippen LogP contribution in [-0.4, -0.2) is 24.9 Å². The van der Waals surface area contributed by atoms with Gasteiger partial charge in [-0.3, -0.25) is 9.59 Å². The van der Waals surface area contributed by atoms with Crippen LogP contribution in [0, 0.1) is 11.3 Å². The Labute approximate surface area is 121 Å². The molecule has 6 heteroatoms. The first-order valence-corrected chi connectivity index (χ1v) is 6.31. The van der Waals surface area contributed by atoms with Crippen molar-refractivity contribution >= 4 is 11.8 Å². The van der Waals surface area contributed by atoms with Crippen LogP contribution in [0.2, 0.25) is 0 Å². The highest BCUT2D eigenvalue weighted by Gasteiger charge is 2.08. The third-order valence-electron chi connectivity index (χ3n) is 2.69. The smallest absolute Gasteiger partial charge is 0.287 e. The van der Waals surface area contributed by atoms with Crippen LogP contribution < -0.4 is 10.6 Å². The van der Waals surface area contributed by atoms with Crippen molar-refractivity contribution in [3.8, 4) is 6.07 Å². The summed E-state index contributed by atoms with van der Waals surface area (Å²) in [6.45, 7) is 0.561. The second-order valence-electron chi connectivity index (χ2n) is 4.18. The molecule has 2 amide bonds. The molecule has 1 aromatic heterocycles. The fourth-order valence-electron chi connectivity index (χ4n) is 1.68. The minimum absolute atomic E-state index is 0.225. The highest BCUT2D eigenvalue weighted by molar-refractivity contribution is 5.94. The number of carbonyl (C=O) groups excluding carboxylic acids is 2. The van der Waals surface area contributed by atoms with E-state index in [0.717, 1.165) is 0 Å². The second-order valence-corrected chi connectivity index (χ2v) is 4.18. The van der Waals surface area contributed by atoms with Gasteiger partial charge < -0.3 is 15.1 Å². The summed E-state index contributed by atoms with van der Waals surface area (Å²) in [5, 5.41) is 14.0. The van der Waals surface area contributed by atoms with Crippen molar-refractivity contribution in [2.24, 2.45) is 0 Å². The zero-order valence-corrected chi connectivity index (χ0v) is 11.1. The molecule has 1 aromatic carbocycles. The summed E-state index contributed by atoms with van der Waals surface area (Å²) in [4.78, 5) is 23.4. The van der Waals surface area contributed by atoms with Crippen molar-refractivity contribution in [1.29, 1.82) is 5.26 Å². The molecular formula is C15H13N3O3. The highest BCUT2D eigenvalue weighted by Crippen LogP contribution is 2.03. The number of nitrogens with zero attached hydrogens (tertiary/aromatic N) is 1. The number of rotatable bonds is 5. The number of benzene rings is 1. The van der Waals surface area contributed by atoms with Crippen LogP contribution in [0.5, 0.6) is 0 Å². The van der Waals surface area contributed by atoms with Crippen molar-refractivity contribution in [3.63, 3.8) is 0 Å². The Morgan fingerprint density at radius 1 is 1.10 bits per heavy atom. The molecule has 0 unspecified atom stereocenters. The first-order valence-electron chi connectivity index (χ1n) is 6.31. The number of amides is 2. The summed E-state index contributed by atoms with van der Waals surface area (Å²) in [6, 6.07) is 11.6. The topological polar surface area (TPSA) is 95.1 Å². The molecule has 0 aliphatic rings. The normalized spacial score (nSPS) is 9.67. The second kappa shape index (κ2) is 6.91. The molecular weight excluding hydrogens is 270 g/mol. The average Bonchev–Trinajstić information content (AvgIpc) is 3.05. The van der Waals surface area contributed by atoms with E-state index in [1.807, 2.05) is 6.07 Å². The summed E-state index contributed by atoms with van der Waals surface area (Å²) in [5.41, 5.74) is 0.834. The molecule has 0 saturated carbocycles. The standard InChI is InChI=1S/C15H13N3O3/c16-10-11-3-1-4-12(9-11)14(19)17-6-7-18-15(20)13-5-2-8-21-13/h1-5,8-9H,6-7H2,(H,17,19)(H,18,20). The number of nitriles is 1. The maximum Gasteiger partial charge on any atom is 0.287 e. The van der Waals surface area contributed by atoms with Gasteiger partial charge in [-0.15, -0.1) is 0 Å². The predicted octanol–water partition coefficient (Wildman–Crippen LogP) is 1.31. The van der Waals surface area contributed by atoms with Gasteiger partial charge in [0, 0.05) is 18.7 Å². The van der Waals surface area contributed by atoms with Crippen LogP contribution in [0.4, 0.5) is 0 Å². The molecule has 0 saturated heterocycles. The molecule has 0 spiro atoms. The molecule has 6 nitrogen and oxygen atoms in total. The SMILES string of the molecule is N#Cc1cccc(C(=O)NCCNC(=O)c2ccco2)c1. The van der Waals surface area contributed by atoms with Crippen molar-refractivity contribution < 1.29 is 14.0 Å². The summed E-state index contributed by atoms with van der Waals surface area (Å²) in [5.74, 6) is -0.400. The van der Waals surface area contributed by atoms with E-state index < -0.39 is 0 Å². The number of carbonyl (C=O) groups is 2. The maximum atomic E-state index is 11.8. The molecule has 1 heterocycles. The Bertz CT molecular complexity index is 672.